The van der Waals surface area contributed by atoms with Crippen LogP contribution in [0, 0.1) is 19.8 Å². The number of para-hydroxylation sites is 1. The summed E-state index contributed by atoms with van der Waals surface area (Å²) in [4.78, 5) is 31.1. The minimum absolute atomic E-state index is 0.177. The maximum Gasteiger partial charge on any atom is 0.254 e. The van der Waals surface area contributed by atoms with Gasteiger partial charge in [0.1, 0.15) is 5.78 Å². The largest absolute Gasteiger partial charge is 0.322 e. The Balaban J connectivity index is 1.80. The number of nitrogens with one attached hydrogen (secondary N) is 1. The zero-order valence-electron chi connectivity index (χ0n) is 17.2. The van der Waals surface area contributed by atoms with Crippen molar-refractivity contribution in [3.05, 3.63) is 76.5 Å². The number of allylic oxidation sites excluding steroid dienone is 1. The van der Waals surface area contributed by atoms with E-state index in [-0.39, 0.29) is 23.5 Å². The maximum absolute atomic E-state index is 13.4. The molecule has 1 aliphatic carbocycles. The van der Waals surface area contributed by atoms with Crippen molar-refractivity contribution in [3.63, 3.8) is 0 Å². The van der Waals surface area contributed by atoms with E-state index in [1.54, 1.807) is 0 Å². The molecule has 1 aliphatic heterocycles. The fourth-order valence-corrected chi connectivity index (χ4v) is 4.45. The Labute approximate surface area is 171 Å². The highest BCUT2D eigenvalue weighted by Crippen LogP contribution is 2.43. The summed E-state index contributed by atoms with van der Waals surface area (Å²) >= 11 is 0. The van der Waals surface area contributed by atoms with Crippen LogP contribution in [0.3, 0.4) is 0 Å². The summed E-state index contributed by atoms with van der Waals surface area (Å²) in [6, 6.07) is 15.9. The smallest absolute Gasteiger partial charge is 0.254 e. The number of hydrogen-bond donors (Lipinski definition) is 1. The highest BCUT2D eigenvalue weighted by atomic mass is 16.2. The molecular formula is C25H26N2O2. The predicted molar refractivity (Wildman–Crippen MR) is 116 cm³/mol. The van der Waals surface area contributed by atoms with Crippen LogP contribution in [0.1, 0.15) is 48.8 Å². The Kier molecular flexibility index (Phi) is 5.18. The van der Waals surface area contributed by atoms with Crippen molar-refractivity contribution in [2.45, 2.75) is 46.0 Å². The first-order chi connectivity index (χ1) is 14.0. The second-order valence-electron chi connectivity index (χ2n) is 8.06. The minimum Gasteiger partial charge on any atom is -0.322 e. The van der Waals surface area contributed by atoms with Gasteiger partial charge in [0.05, 0.1) is 5.92 Å². The van der Waals surface area contributed by atoms with Crippen molar-refractivity contribution in [1.82, 2.24) is 0 Å². The van der Waals surface area contributed by atoms with Gasteiger partial charge in [0.15, 0.2) is 0 Å². The standard InChI is InChI=1S/C25H26N2O2/c1-15-11-13-18(14-12-15)23-22(25(29)27-19-8-5-4-7-16(19)2)17(3)26-20-9-6-10-21(28)24(20)23/h4-5,7-8,11-14,23-24H,6,9-10H2,1-3H3,(H,27,29)/t23-,24?/m0/s1. The van der Waals surface area contributed by atoms with Crippen molar-refractivity contribution >= 4 is 23.1 Å². The van der Waals surface area contributed by atoms with Crippen molar-refractivity contribution in [2.75, 3.05) is 5.32 Å². The van der Waals surface area contributed by atoms with Crippen molar-refractivity contribution in [3.8, 4) is 0 Å². The lowest BCUT2D eigenvalue weighted by Crippen LogP contribution is -2.39. The highest BCUT2D eigenvalue weighted by Gasteiger charge is 2.43. The predicted octanol–water partition coefficient (Wildman–Crippen LogP) is 5.12. The molecule has 4 rings (SSSR count). The van der Waals surface area contributed by atoms with Crippen LogP contribution in [0.5, 0.6) is 0 Å². The first-order valence-corrected chi connectivity index (χ1v) is 10.2. The molecule has 2 aromatic rings. The SMILES string of the molecule is CC1=C(C(=O)Nc2ccccc2C)[C@H](c2ccc(C)cc2)C2C(=O)CCCC2=N1. The topological polar surface area (TPSA) is 58.5 Å². The molecule has 0 bridgehead atoms. The van der Waals surface area contributed by atoms with Crippen LogP contribution in [0.25, 0.3) is 0 Å². The molecule has 148 valence electrons. The van der Waals surface area contributed by atoms with Gasteiger partial charge in [0.2, 0.25) is 0 Å². The van der Waals surface area contributed by atoms with Crippen LogP contribution < -0.4 is 5.32 Å². The van der Waals surface area contributed by atoms with E-state index in [9.17, 15) is 9.59 Å². The molecular weight excluding hydrogens is 360 g/mol. The van der Waals surface area contributed by atoms with E-state index in [0.717, 1.165) is 40.9 Å². The van der Waals surface area contributed by atoms with Gasteiger partial charge in [-0.1, -0.05) is 48.0 Å². The number of benzene rings is 2. The summed E-state index contributed by atoms with van der Waals surface area (Å²) in [6.07, 6.45) is 2.22. The number of Topliss-reactive ketones (excluding diaryl/α,β-unsaturated/α-hetero) is 1. The van der Waals surface area contributed by atoms with Gasteiger partial charge in [-0.15, -0.1) is 0 Å². The van der Waals surface area contributed by atoms with Crippen LogP contribution in [0.4, 0.5) is 5.69 Å². The molecule has 1 amide bonds. The van der Waals surface area contributed by atoms with Crippen LogP contribution in [0.15, 0.2) is 64.8 Å². The number of carbonyl (C=O) groups is 2. The van der Waals surface area contributed by atoms with Crippen LogP contribution in [0.2, 0.25) is 0 Å². The van der Waals surface area contributed by atoms with Gasteiger partial charge in [0, 0.05) is 35.0 Å². The molecule has 1 fully saturated rings. The molecule has 0 saturated heterocycles. The molecule has 0 spiro atoms. The Morgan fingerprint density at radius 3 is 2.41 bits per heavy atom. The van der Waals surface area contributed by atoms with E-state index >= 15 is 0 Å². The summed E-state index contributed by atoms with van der Waals surface area (Å²) in [5, 5.41) is 3.05. The van der Waals surface area contributed by atoms with E-state index in [1.165, 1.54) is 0 Å². The zero-order valence-corrected chi connectivity index (χ0v) is 17.2. The van der Waals surface area contributed by atoms with Crippen LogP contribution in [-0.2, 0) is 9.59 Å². The quantitative estimate of drug-likeness (QED) is 0.795. The number of ketones is 1. The summed E-state index contributed by atoms with van der Waals surface area (Å²) in [5.74, 6) is -0.620. The lowest BCUT2D eigenvalue weighted by molar-refractivity contribution is -0.122. The van der Waals surface area contributed by atoms with E-state index in [0.29, 0.717) is 17.7 Å². The third kappa shape index (κ3) is 3.67. The number of rotatable bonds is 3. The van der Waals surface area contributed by atoms with Crippen molar-refractivity contribution in [2.24, 2.45) is 10.9 Å². The Hall–Kier alpha value is -3.01. The summed E-state index contributed by atoms with van der Waals surface area (Å²) < 4.78 is 0. The lowest BCUT2D eigenvalue weighted by atomic mass is 9.69. The van der Waals surface area contributed by atoms with E-state index < -0.39 is 0 Å². The Morgan fingerprint density at radius 2 is 1.69 bits per heavy atom. The lowest BCUT2D eigenvalue weighted by Gasteiger charge is -2.36. The summed E-state index contributed by atoms with van der Waals surface area (Å²) in [6.45, 7) is 5.89. The van der Waals surface area contributed by atoms with Gasteiger partial charge in [-0.25, -0.2) is 0 Å². The van der Waals surface area contributed by atoms with Gasteiger partial charge in [0.25, 0.3) is 5.91 Å². The van der Waals surface area contributed by atoms with Crippen LogP contribution in [-0.4, -0.2) is 17.4 Å². The number of fused-ring (bicyclic) bond motifs is 1. The van der Waals surface area contributed by atoms with Gasteiger partial charge >= 0.3 is 0 Å². The van der Waals surface area contributed by atoms with Crippen LogP contribution >= 0.6 is 0 Å². The monoisotopic (exact) mass is 386 g/mol. The summed E-state index contributed by atoms with van der Waals surface area (Å²) in [5.41, 5.74) is 6.17. The molecule has 2 atom stereocenters. The van der Waals surface area contributed by atoms with Gasteiger partial charge in [-0.05, 0) is 50.8 Å². The molecule has 2 aliphatic rings. The minimum atomic E-state index is -0.340. The molecule has 0 aromatic heterocycles. The van der Waals surface area contributed by atoms with Crippen molar-refractivity contribution in [1.29, 1.82) is 0 Å². The van der Waals surface area contributed by atoms with E-state index in [4.69, 9.17) is 4.99 Å². The first kappa shape index (κ1) is 19.3. The van der Waals surface area contributed by atoms with Gasteiger partial charge < -0.3 is 5.32 Å². The molecule has 29 heavy (non-hydrogen) atoms. The van der Waals surface area contributed by atoms with E-state index in [2.05, 4.69) is 5.32 Å². The number of nitrogens with zero attached hydrogens (tertiary/aromatic N) is 1. The van der Waals surface area contributed by atoms with Gasteiger partial charge in [-0.2, -0.15) is 0 Å². The zero-order chi connectivity index (χ0) is 20.5. The molecule has 1 heterocycles. The molecule has 0 radical (unpaired) electrons. The molecule has 4 heteroatoms. The first-order valence-electron chi connectivity index (χ1n) is 10.2. The average Bonchev–Trinajstić information content (AvgIpc) is 2.69. The number of amides is 1. The molecule has 2 aromatic carbocycles. The number of aliphatic imine (C=N–C) groups is 1. The average molecular weight is 386 g/mol. The third-order valence-electron chi connectivity index (χ3n) is 5.98. The Morgan fingerprint density at radius 1 is 0.966 bits per heavy atom. The highest BCUT2D eigenvalue weighted by molar-refractivity contribution is 6.14. The third-order valence-corrected chi connectivity index (χ3v) is 5.98. The normalized spacial score (nSPS) is 21.5. The van der Waals surface area contributed by atoms with E-state index in [1.807, 2.05) is 69.3 Å². The number of anilines is 1. The second kappa shape index (κ2) is 7.78. The van der Waals surface area contributed by atoms with Gasteiger partial charge in [-0.3, -0.25) is 14.6 Å². The number of aryl methyl sites for hydroxylation is 2. The Bertz CT molecular complexity index is 1030. The van der Waals surface area contributed by atoms with Crippen molar-refractivity contribution < 1.29 is 9.59 Å². The second-order valence-corrected chi connectivity index (χ2v) is 8.06. The fraction of sp³-hybridized carbons (Fsp3) is 0.320. The number of carbonyl (C=O) groups excluding carboxylic acids is 2. The summed E-state index contributed by atoms with van der Waals surface area (Å²) in [7, 11) is 0. The molecule has 1 unspecified atom stereocenters. The molecule has 1 saturated carbocycles. The number of hydrogen-bond acceptors (Lipinski definition) is 3. The fourth-order valence-electron chi connectivity index (χ4n) is 4.45. The molecule has 4 nitrogen and oxygen atoms in total. The molecule has 1 N–H and O–H groups in total. The maximum atomic E-state index is 13.4.